The predicted molar refractivity (Wildman–Crippen MR) is 78.3 cm³/mol. The highest BCUT2D eigenvalue weighted by atomic mass is 32.2. The summed E-state index contributed by atoms with van der Waals surface area (Å²) in [5.41, 5.74) is 1.03. The van der Waals surface area contributed by atoms with E-state index in [1.165, 1.54) is 6.92 Å². The van der Waals surface area contributed by atoms with Crippen molar-refractivity contribution in [1.82, 2.24) is 5.32 Å². The van der Waals surface area contributed by atoms with Gasteiger partial charge in [-0.05, 0) is 37.0 Å². The van der Waals surface area contributed by atoms with Gasteiger partial charge in [-0.15, -0.1) is 0 Å². The number of benzene rings is 1. The van der Waals surface area contributed by atoms with Gasteiger partial charge in [0.1, 0.15) is 0 Å². The van der Waals surface area contributed by atoms with Crippen molar-refractivity contribution in [2.45, 2.75) is 49.2 Å². The zero-order chi connectivity index (χ0) is 14.6. The van der Waals surface area contributed by atoms with Gasteiger partial charge in [-0.1, -0.05) is 25.0 Å². The second kappa shape index (κ2) is 6.39. The van der Waals surface area contributed by atoms with Crippen LogP contribution in [0.15, 0.2) is 29.2 Å². The molecule has 0 unspecified atom stereocenters. The molecule has 1 aliphatic carbocycles. The fourth-order valence-corrected chi connectivity index (χ4v) is 4.47. The molecule has 0 aromatic heterocycles. The largest absolute Gasteiger partial charge is 0.356 e. The van der Waals surface area contributed by atoms with Crippen LogP contribution in [0, 0.1) is 0 Å². The molecule has 1 aromatic carbocycles. The molecule has 0 bridgehead atoms. The van der Waals surface area contributed by atoms with Crippen LogP contribution in [0.25, 0.3) is 0 Å². The van der Waals surface area contributed by atoms with Crippen molar-refractivity contribution in [3.63, 3.8) is 0 Å². The first-order chi connectivity index (χ1) is 9.50. The fraction of sp³-hybridized carbons (Fsp3) is 0.533. The summed E-state index contributed by atoms with van der Waals surface area (Å²) in [5, 5.41) is 2.53. The number of carbonyl (C=O) groups is 1. The molecule has 110 valence electrons. The molecule has 2 rings (SSSR count). The van der Waals surface area contributed by atoms with E-state index in [-0.39, 0.29) is 11.2 Å². The molecule has 0 radical (unpaired) electrons. The zero-order valence-electron chi connectivity index (χ0n) is 11.8. The average molecular weight is 295 g/mol. The minimum atomic E-state index is -3.16. The Morgan fingerprint density at radius 1 is 1.20 bits per heavy atom. The minimum absolute atomic E-state index is 0.0505. The van der Waals surface area contributed by atoms with Crippen LogP contribution in [0.2, 0.25) is 0 Å². The van der Waals surface area contributed by atoms with E-state index in [0.29, 0.717) is 17.9 Å². The minimum Gasteiger partial charge on any atom is -0.356 e. The molecule has 1 aromatic rings. The van der Waals surface area contributed by atoms with Crippen LogP contribution in [0.4, 0.5) is 0 Å². The molecule has 4 nitrogen and oxygen atoms in total. The maximum absolute atomic E-state index is 12.4. The molecule has 0 heterocycles. The van der Waals surface area contributed by atoms with E-state index in [2.05, 4.69) is 5.32 Å². The quantitative estimate of drug-likeness (QED) is 0.904. The number of hydrogen-bond acceptors (Lipinski definition) is 3. The van der Waals surface area contributed by atoms with Crippen LogP contribution >= 0.6 is 0 Å². The summed E-state index contributed by atoms with van der Waals surface area (Å²) in [6, 6.07) is 7.06. The monoisotopic (exact) mass is 295 g/mol. The van der Waals surface area contributed by atoms with Crippen molar-refractivity contribution in [1.29, 1.82) is 0 Å². The molecule has 1 saturated carbocycles. The fourth-order valence-electron chi connectivity index (χ4n) is 2.62. The van der Waals surface area contributed by atoms with Crippen LogP contribution < -0.4 is 5.32 Å². The third kappa shape index (κ3) is 3.60. The molecule has 1 N–H and O–H groups in total. The predicted octanol–water partition coefficient (Wildman–Crippen LogP) is 2.08. The van der Waals surface area contributed by atoms with E-state index >= 15 is 0 Å². The summed E-state index contributed by atoms with van der Waals surface area (Å²) >= 11 is 0. The van der Waals surface area contributed by atoms with Gasteiger partial charge in [0.05, 0.1) is 10.1 Å². The van der Waals surface area contributed by atoms with Crippen LogP contribution in [0.3, 0.4) is 0 Å². The summed E-state index contributed by atoms with van der Waals surface area (Å²) < 4.78 is 24.8. The Morgan fingerprint density at radius 2 is 1.80 bits per heavy atom. The van der Waals surface area contributed by atoms with Crippen LogP contribution in [-0.4, -0.2) is 26.1 Å². The number of rotatable bonds is 5. The zero-order valence-corrected chi connectivity index (χ0v) is 12.6. The van der Waals surface area contributed by atoms with E-state index in [1.807, 2.05) is 12.1 Å². The Labute approximate surface area is 120 Å². The van der Waals surface area contributed by atoms with Crippen molar-refractivity contribution < 1.29 is 13.2 Å². The second-order valence-electron chi connectivity index (χ2n) is 5.33. The summed E-state index contributed by atoms with van der Waals surface area (Å²) in [6.07, 6.45) is 4.31. The number of nitrogens with one attached hydrogen (secondary N) is 1. The third-order valence-electron chi connectivity index (χ3n) is 3.78. The average Bonchev–Trinajstić information content (AvgIpc) is 2.93. The van der Waals surface area contributed by atoms with Crippen molar-refractivity contribution in [2.24, 2.45) is 0 Å². The van der Waals surface area contributed by atoms with Gasteiger partial charge in [-0.3, -0.25) is 4.79 Å². The maximum Gasteiger partial charge on any atom is 0.216 e. The molecule has 0 saturated heterocycles. The Bertz CT molecular complexity index is 557. The molecular formula is C15H21NO3S. The molecule has 1 amide bonds. The van der Waals surface area contributed by atoms with Crippen LogP contribution in [0.1, 0.15) is 38.2 Å². The van der Waals surface area contributed by atoms with E-state index < -0.39 is 9.84 Å². The molecule has 0 spiro atoms. The summed E-state index contributed by atoms with van der Waals surface area (Å²) in [6.45, 7) is 2.06. The van der Waals surface area contributed by atoms with Crippen molar-refractivity contribution in [2.75, 3.05) is 6.54 Å². The third-order valence-corrected chi connectivity index (χ3v) is 6.06. The lowest BCUT2D eigenvalue weighted by Gasteiger charge is -2.11. The molecule has 20 heavy (non-hydrogen) atoms. The Balaban J connectivity index is 2.02. The Morgan fingerprint density at radius 3 is 2.35 bits per heavy atom. The van der Waals surface area contributed by atoms with E-state index in [9.17, 15) is 13.2 Å². The van der Waals surface area contributed by atoms with Gasteiger partial charge in [0.2, 0.25) is 5.91 Å². The smallest absolute Gasteiger partial charge is 0.216 e. The maximum atomic E-state index is 12.4. The van der Waals surface area contributed by atoms with E-state index in [0.717, 1.165) is 31.2 Å². The van der Waals surface area contributed by atoms with Crippen molar-refractivity contribution in [3.05, 3.63) is 29.8 Å². The summed E-state index contributed by atoms with van der Waals surface area (Å²) in [7, 11) is -3.16. The lowest BCUT2D eigenvalue weighted by Crippen LogP contribution is -2.22. The van der Waals surface area contributed by atoms with Gasteiger partial charge < -0.3 is 5.32 Å². The van der Waals surface area contributed by atoms with Gasteiger partial charge in [0.25, 0.3) is 0 Å². The molecule has 1 fully saturated rings. The molecular weight excluding hydrogens is 274 g/mol. The number of carbonyl (C=O) groups excluding carboxylic acids is 1. The van der Waals surface area contributed by atoms with Gasteiger partial charge in [0, 0.05) is 13.5 Å². The summed E-state index contributed by atoms with van der Waals surface area (Å²) in [5.74, 6) is -0.0505. The number of hydrogen-bond donors (Lipinski definition) is 1. The summed E-state index contributed by atoms with van der Waals surface area (Å²) in [4.78, 5) is 11.2. The van der Waals surface area contributed by atoms with Gasteiger partial charge >= 0.3 is 0 Å². The van der Waals surface area contributed by atoms with Gasteiger partial charge in [-0.2, -0.15) is 0 Å². The van der Waals surface area contributed by atoms with Gasteiger partial charge in [0.15, 0.2) is 9.84 Å². The first-order valence-electron chi connectivity index (χ1n) is 7.07. The molecule has 0 atom stereocenters. The van der Waals surface area contributed by atoms with Crippen molar-refractivity contribution in [3.8, 4) is 0 Å². The van der Waals surface area contributed by atoms with E-state index in [1.54, 1.807) is 12.1 Å². The highest BCUT2D eigenvalue weighted by Gasteiger charge is 2.29. The lowest BCUT2D eigenvalue weighted by atomic mass is 10.1. The SMILES string of the molecule is CC(=O)NCCc1ccc(S(=O)(=O)C2CCCC2)cc1. The van der Waals surface area contributed by atoms with Crippen LogP contribution in [-0.2, 0) is 21.1 Å². The number of amides is 1. The number of sulfone groups is 1. The topological polar surface area (TPSA) is 63.2 Å². The van der Waals surface area contributed by atoms with Gasteiger partial charge in [-0.25, -0.2) is 8.42 Å². The molecule has 5 heteroatoms. The van der Waals surface area contributed by atoms with Crippen LogP contribution in [0.5, 0.6) is 0 Å². The highest BCUT2D eigenvalue weighted by molar-refractivity contribution is 7.92. The van der Waals surface area contributed by atoms with Crippen molar-refractivity contribution >= 4 is 15.7 Å². The highest BCUT2D eigenvalue weighted by Crippen LogP contribution is 2.29. The normalized spacial score (nSPS) is 16.2. The van der Waals surface area contributed by atoms with E-state index in [4.69, 9.17) is 0 Å². The first-order valence-corrected chi connectivity index (χ1v) is 8.62. The molecule has 0 aliphatic heterocycles. The standard InChI is InChI=1S/C15H21NO3S/c1-12(17)16-11-10-13-6-8-15(9-7-13)20(18,19)14-4-2-3-5-14/h6-9,14H,2-5,10-11H2,1H3,(H,16,17). The Hall–Kier alpha value is -1.36. The molecule has 1 aliphatic rings. The first kappa shape index (κ1) is 15.0. The second-order valence-corrected chi connectivity index (χ2v) is 7.56. The lowest BCUT2D eigenvalue weighted by molar-refractivity contribution is -0.118. The Kier molecular flexibility index (Phi) is 4.81.